The SMILES string of the molecule is COc1cc([N+](=O)[O-])c(C(=O)N(C)C2CCNC2)cc1SC.Cl. The van der Waals surface area contributed by atoms with Gasteiger partial charge in [-0.3, -0.25) is 14.9 Å². The van der Waals surface area contributed by atoms with E-state index in [0.29, 0.717) is 17.2 Å². The number of nitrogens with zero attached hydrogens (tertiary/aromatic N) is 2. The van der Waals surface area contributed by atoms with E-state index in [1.807, 2.05) is 6.26 Å². The first kappa shape index (κ1) is 19.5. The van der Waals surface area contributed by atoms with Crippen molar-refractivity contribution in [3.8, 4) is 5.75 Å². The topological polar surface area (TPSA) is 84.7 Å². The van der Waals surface area contributed by atoms with E-state index in [0.717, 1.165) is 13.0 Å². The normalized spacial score (nSPS) is 16.6. The van der Waals surface area contributed by atoms with E-state index < -0.39 is 4.92 Å². The molecule has 2 rings (SSSR count). The second-order valence-electron chi connectivity index (χ2n) is 5.04. The van der Waals surface area contributed by atoms with Crippen LogP contribution in [0.2, 0.25) is 0 Å². The Morgan fingerprint density at radius 2 is 2.22 bits per heavy atom. The number of nitro groups is 1. The minimum Gasteiger partial charge on any atom is -0.495 e. The summed E-state index contributed by atoms with van der Waals surface area (Å²) >= 11 is 1.39. The Labute approximate surface area is 145 Å². The Hall–Kier alpha value is -1.51. The van der Waals surface area contributed by atoms with Gasteiger partial charge in [0.2, 0.25) is 0 Å². The molecule has 1 atom stereocenters. The molecule has 0 saturated carbocycles. The quantitative estimate of drug-likeness (QED) is 0.491. The molecule has 1 unspecified atom stereocenters. The van der Waals surface area contributed by atoms with Crippen molar-refractivity contribution in [2.75, 3.05) is 33.5 Å². The van der Waals surface area contributed by atoms with Crippen LogP contribution in [0, 0.1) is 10.1 Å². The zero-order valence-corrected chi connectivity index (χ0v) is 14.8. The van der Waals surface area contributed by atoms with Gasteiger partial charge < -0.3 is 15.0 Å². The van der Waals surface area contributed by atoms with E-state index in [1.54, 1.807) is 18.0 Å². The van der Waals surface area contributed by atoms with Crippen LogP contribution in [0.3, 0.4) is 0 Å². The van der Waals surface area contributed by atoms with Gasteiger partial charge in [-0.05, 0) is 25.3 Å². The molecule has 1 fully saturated rings. The summed E-state index contributed by atoms with van der Waals surface area (Å²) in [5.74, 6) is 0.0688. The zero-order valence-electron chi connectivity index (χ0n) is 13.2. The number of carbonyl (C=O) groups excluding carboxylic acids is 1. The second-order valence-corrected chi connectivity index (χ2v) is 5.89. The van der Waals surface area contributed by atoms with Crippen molar-refractivity contribution in [3.05, 3.63) is 27.8 Å². The van der Waals surface area contributed by atoms with E-state index in [1.165, 1.54) is 24.9 Å². The highest BCUT2D eigenvalue weighted by atomic mass is 35.5. The molecule has 1 saturated heterocycles. The van der Waals surface area contributed by atoms with Gasteiger partial charge >= 0.3 is 0 Å². The van der Waals surface area contributed by atoms with Crippen LogP contribution in [0.4, 0.5) is 5.69 Å². The summed E-state index contributed by atoms with van der Waals surface area (Å²) in [5, 5.41) is 14.5. The van der Waals surface area contributed by atoms with Crippen LogP contribution in [0.5, 0.6) is 5.75 Å². The maximum Gasteiger partial charge on any atom is 0.285 e. The number of hydrogen-bond donors (Lipinski definition) is 1. The highest BCUT2D eigenvalue weighted by Crippen LogP contribution is 2.35. The van der Waals surface area contributed by atoms with Crippen LogP contribution in [0.15, 0.2) is 17.0 Å². The molecule has 1 heterocycles. The van der Waals surface area contributed by atoms with Crippen LogP contribution in [0.1, 0.15) is 16.8 Å². The van der Waals surface area contributed by atoms with Crippen molar-refractivity contribution < 1.29 is 14.5 Å². The third-order valence-electron chi connectivity index (χ3n) is 3.83. The molecule has 0 spiro atoms. The van der Waals surface area contributed by atoms with Gasteiger partial charge in [0.05, 0.1) is 23.0 Å². The van der Waals surface area contributed by atoms with Crippen LogP contribution < -0.4 is 10.1 Å². The number of carbonyl (C=O) groups is 1. The van der Waals surface area contributed by atoms with E-state index in [2.05, 4.69) is 5.32 Å². The molecule has 0 radical (unpaired) electrons. The number of rotatable bonds is 5. The van der Waals surface area contributed by atoms with Crippen LogP contribution in [-0.2, 0) is 0 Å². The number of hydrogen-bond acceptors (Lipinski definition) is 6. The number of amides is 1. The molecule has 7 nitrogen and oxygen atoms in total. The van der Waals surface area contributed by atoms with Crippen molar-refractivity contribution in [3.63, 3.8) is 0 Å². The van der Waals surface area contributed by atoms with Crippen molar-refractivity contribution in [2.24, 2.45) is 0 Å². The molecule has 1 aliphatic rings. The molecule has 0 bridgehead atoms. The maximum absolute atomic E-state index is 12.7. The number of likely N-dealkylation sites (N-methyl/N-ethyl adjacent to an activating group) is 1. The average molecular weight is 362 g/mol. The summed E-state index contributed by atoms with van der Waals surface area (Å²) in [6.07, 6.45) is 2.68. The number of ether oxygens (including phenoxy) is 1. The first-order chi connectivity index (χ1) is 10.5. The fourth-order valence-corrected chi connectivity index (χ4v) is 3.10. The van der Waals surface area contributed by atoms with E-state index in [9.17, 15) is 14.9 Å². The third kappa shape index (κ3) is 4.07. The lowest BCUT2D eigenvalue weighted by Gasteiger charge is -2.24. The largest absolute Gasteiger partial charge is 0.495 e. The zero-order chi connectivity index (χ0) is 16.3. The highest BCUT2D eigenvalue weighted by Gasteiger charge is 2.30. The van der Waals surface area contributed by atoms with Gasteiger partial charge in [-0.15, -0.1) is 24.2 Å². The molecule has 1 amide bonds. The van der Waals surface area contributed by atoms with Crippen molar-refractivity contribution in [1.82, 2.24) is 10.2 Å². The fourth-order valence-electron chi connectivity index (χ4n) is 2.52. The van der Waals surface area contributed by atoms with Gasteiger partial charge in [0, 0.05) is 19.6 Å². The molecule has 9 heteroatoms. The molecular weight excluding hydrogens is 342 g/mol. The summed E-state index contributed by atoms with van der Waals surface area (Å²) in [4.78, 5) is 25.7. The monoisotopic (exact) mass is 361 g/mol. The summed E-state index contributed by atoms with van der Waals surface area (Å²) in [6.45, 7) is 1.56. The minimum absolute atomic E-state index is 0. The first-order valence-corrected chi connectivity index (χ1v) is 8.10. The molecule has 1 N–H and O–H groups in total. The first-order valence-electron chi connectivity index (χ1n) is 6.87. The summed E-state index contributed by atoms with van der Waals surface area (Å²) in [5.41, 5.74) is -0.123. The number of methoxy groups -OCH3 is 1. The standard InChI is InChI=1S/C14H19N3O4S.ClH/c1-16(9-4-5-15-8-9)14(18)10-6-13(22-3)12(21-2)7-11(10)17(19)20;/h6-7,9,15H,4-5,8H2,1-3H3;1H. The Morgan fingerprint density at radius 3 is 2.70 bits per heavy atom. The molecule has 1 aliphatic heterocycles. The number of thioether (sulfide) groups is 1. The van der Waals surface area contributed by atoms with Gasteiger partial charge in [0.1, 0.15) is 11.3 Å². The van der Waals surface area contributed by atoms with Gasteiger partial charge in [-0.25, -0.2) is 0 Å². The minimum atomic E-state index is -0.541. The van der Waals surface area contributed by atoms with Crippen molar-refractivity contribution in [1.29, 1.82) is 0 Å². The van der Waals surface area contributed by atoms with E-state index >= 15 is 0 Å². The Balaban J connectivity index is 0.00000264. The number of nitro benzene ring substituents is 1. The average Bonchev–Trinajstić information content (AvgIpc) is 3.06. The Morgan fingerprint density at radius 1 is 1.52 bits per heavy atom. The van der Waals surface area contributed by atoms with Gasteiger partial charge in [0.25, 0.3) is 11.6 Å². The maximum atomic E-state index is 12.7. The molecule has 0 aliphatic carbocycles. The van der Waals surface area contributed by atoms with Crippen LogP contribution >= 0.6 is 24.2 Å². The molecule has 23 heavy (non-hydrogen) atoms. The van der Waals surface area contributed by atoms with Gasteiger partial charge in [-0.1, -0.05) is 0 Å². The van der Waals surface area contributed by atoms with Gasteiger partial charge in [0.15, 0.2) is 0 Å². The molecular formula is C14H20ClN3O4S. The second kappa shape index (κ2) is 8.37. The number of nitrogens with one attached hydrogen (secondary N) is 1. The Bertz CT molecular complexity index is 594. The van der Waals surface area contributed by atoms with E-state index in [4.69, 9.17) is 4.74 Å². The molecule has 128 valence electrons. The number of halogens is 1. The van der Waals surface area contributed by atoms with Gasteiger partial charge in [-0.2, -0.15) is 0 Å². The summed E-state index contributed by atoms with van der Waals surface area (Å²) in [6, 6.07) is 2.93. The van der Waals surface area contributed by atoms with E-state index in [-0.39, 0.29) is 35.6 Å². The van der Waals surface area contributed by atoms with Crippen molar-refractivity contribution in [2.45, 2.75) is 17.4 Å². The highest BCUT2D eigenvalue weighted by molar-refractivity contribution is 7.98. The lowest BCUT2D eigenvalue weighted by atomic mass is 10.1. The predicted octanol–water partition coefficient (Wildman–Crippen LogP) is 2.18. The van der Waals surface area contributed by atoms with Crippen molar-refractivity contribution >= 4 is 35.8 Å². The predicted molar refractivity (Wildman–Crippen MR) is 92.0 cm³/mol. The third-order valence-corrected chi connectivity index (χ3v) is 4.59. The molecule has 0 aromatic heterocycles. The lowest BCUT2D eigenvalue weighted by Crippen LogP contribution is -2.38. The Kier molecular flexibility index (Phi) is 7.11. The summed E-state index contributed by atoms with van der Waals surface area (Å²) in [7, 11) is 3.14. The lowest BCUT2D eigenvalue weighted by molar-refractivity contribution is -0.385. The number of benzene rings is 1. The smallest absolute Gasteiger partial charge is 0.285 e. The molecule has 1 aromatic carbocycles. The van der Waals surface area contributed by atoms with Crippen LogP contribution in [-0.4, -0.2) is 55.3 Å². The van der Waals surface area contributed by atoms with Crippen LogP contribution in [0.25, 0.3) is 0 Å². The fraction of sp³-hybridized carbons (Fsp3) is 0.500. The molecule has 1 aromatic rings. The summed E-state index contributed by atoms with van der Waals surface area (Å²) < 4.78 is 5.16.